The summed E-state index contributed by atoms with van der Waals surface area (Å²) in [5.74, 6) is -2.58. The van der Waals surface area contributed by atoms with Gasteiger partial charge in [0.25, 0.3) is 0 Å². The Labute approximate surface area is 108 Å². The van der Waals surface area contributed by atoms with Gasteiger partial charge in [0.1, 0.15) is 22.9 Å². The molecule has 0 saturated heterocycles. The van der Waals surface area contributed by atoms with Crippen LogP contribution in [0.4, 0.5) is 8.78 Å². The van der Waals surface area contributed by atoms with E-state index in [4.69, 9.17) is 9.84 Å². The first-order valence-corrected chi connectivity index (χ1v) is 5.40. The summed E-state index contributed by atoms with van der Waals surface area (Å²) in [4.78, 5) is 11.1. The molecule has 0 fully saturated rings. The molecular formula is C14H10F2O3. The van der Waals surface area contributed by atoms with Gasteiger partial charge < -0.3 is 9.84 Å². The Hall–Kier alpha value is -2.43. The molecule has 5 heteroatoms. The fourth-order valence-electron chi connectivity index (χ4n) is 1.86. The minimum atomic E-state index is -1.42. The average Bonchev–Trinajstić information content (AvgIpc) is 2.37. The first-order chi connectivity index (χ1) is 9.04. The van der Waals surface area contributed by atoms with Crippen molar-refractivity contribution in [2.45, 2.75) is 0 Å². The lowest BCUT2D eigenvalue weighted by molar-refractivity contribution is 0.0693. The lowest BCUT2D eigenvalue weighted by atomic mass is 9.98. The quantitative estimate of drug-likeness (QED) is 0.924. The third-order valence-corrected chi connectivity index (χ3v) is 2.68. The molecule has 2 rings (SSSR count). The number of carboxylic acids is 1. The van der Waals surface area contributed by atoms with E-state index in [0.29, 0.717) is 0 Å². The van der Waals surface area contributed by atoms with E-state index in [1.165, 1.54) is 31.4 Å². The standard InChI is InChI=1S/C14H10F2O3/c1-19-12-6-5-8(15)7-10(12)9-3-2-4-11(16)13(9)14(17)18/h2-7H,1H3,(H,17,18). The Morgan fingerprint density at radius 2 is 1.89 bits per heavy atom. The molecule has 0 aromatic heterocycles. The maximum absolute atomic E-state index is 13.6. The fourth-order valence-corrected chi connectivity index (χ4v) is 1.86. The molecule has 0 aliphatic heterocycles. The van der Waals surface area contributed by atoms with Gasteiger partial charge in [0.2, 0.25) is 0 Å². The Balaban J connectivity index is 2.75. The fraction of sp³-hybridized carbons (Fsp3) is 0.0714. The Kier molecular flexibility index (Phi) is 3.46. The molecule has 3 nitrogen and oxygen atoms in total. The highest BCUT2D eigenvalue weighted by Crippen LogP contribution is 2.33. The molecule has 0 spiro atoms. The smallest absolute Gasteiger partial charge is 0.339 e. The van der Waals surface area contributed by atoms with Gasteiger partial charge in [-0.1, -0.05) is 12.1 Å². The van der Waals surface area contributed by atoms with Crippen molar-refractivity contribution >= 4 is 5.97 Å². The second kappa shape index (κ2) is 5.06. The van der Waals surface area contributed by atoms with Crippen LogP contribution >= 0.6 is 0 Å². The number of halogens is 2. The van der Waals surface area contributed by atoms with Crippen LogP contribution < -0.4 is 4.74 Å². The number of hydrogen-bond acceptors (Lipinski definition) is 2. The molecule has 0 heterocycles. The number of carboxylic acid groups (broad SMARTS) is 1. The van der Waals surface area contributed by atoms with E-state index in [9.17, 15) is 13.6 Å². The molecule has 98 valence electrons. The van der Waals surface area contributed by atoms with Crippen LogP contribution in [0.2, 0.25) is 0 Å². The first-order valence-electron chi connectivity index (χ1n) is 5.40. The van der Waals surface area contributed by atoms with Gasteiger partial charge in [-0.3, -0.25) is 0 Å². The average molecular weight is 264 g/mol. The van der Waals surface area contributed by atoms with E-state index in [0.717, 1.165) is 12.1 Å². The van der Waals surface area contributed by atoms with Gasteiger partial charge in [0.15, 0.2) is 0 Å². The minimum absolute atomic E-state index is 0.0730. The van der Waals surface area contributed by atoms with E-state index in [1.807, 2.05) is 0 Å². The normalized spacial score (nSPS) is 10.3. The summed E-state index contributed by atoms with van der Waals surface area (Å²) < 4.78 is 32.0. The maximum atomic E-state index is 13.6. The molecular weight excluding hydrogens is 254 g/mol. The molecule has 2 aromatic carbocycles. The number of methoxy groups -OCH3 is 1. The van der Waals surface area contributed by atoms with Crippen LogP contribution in [0.1, 0.15) is 10.4 Å². The van der Waals surface area contributed by atoms with Crippen LogP contribution in [-0.4, -0.2) is 18.2 Å². The van der Waals surface area contributed by atoms with Gasteiger partial charge in [-0.15, -0.1) is 0 Å². The van der Waals surface area contributed by atoms with Crippen LogP contribution in [-0.2, 0) is 0 Å². The van der Waals surface area contributed by atoms with Crippen LogP contribution in [0.15, 0.2) is 36.4 Å². The van der Waals surface area contributed by atoms with Gasteiger partial charge in [-0.05, 0) is 24.3 Å². The summed E-state index contributed by atoms with van der Waals surface area (Å²) in [6.07, 6.45) is 0. The van der Waals surface area contributed by atoms with Crippen LogP contribution in [0.3, 0.4) is 0 Å². The summed E-state index contributed by atoms with van der Waals surface area (Å²) >= 11 is 0. The summed E-state index contributed by atoms with van der Waals surface area (Å²) in [7, 11) is 1.37. The highest BCUT2D eigenvalue weighted by Gasteiger charge is 2.19. The summed E-state index contributed by atoms with van der Waals surface area (Å²) in [6, 6.07) is 7.47. The Morgan fingerprint density at radius 1 is 1.16 bits per heavy atom. The van der Waals surface area contributed by atoms with Crippen molar-refractivity contribution in [1.82, 2.24) is 0 Å². The maximum Gasteiger partial charge on any atom is 0.339 e. The van der Waals surface area contributed by atoms with Gasteiger partial charge in [0, 0.05) is 11.1 Å². The SMILES string of the molecule is COc1ccc(F)cc1-c1cccc(F)c1C(=O)O. The van der Waals surface area contributed by atoms with E-state index in [-0.39, 0.29) is 16.9 Å². The van der Waals surface area contributed by atoms with E-state index >= 15 is 0 Å². The molecule has 1 N–H and O–H groups in total. The highest BCUT2D eigenvalue weighted by molar-refractivity contribution is 5.97. The van der Waals surface area contributed by atoms with E-state index in [1.54, 1.807) is 0 Å². The lowest BCUT2D eigenvalue weighted by Gasteiger charge is -2.11. The predicted molar refractivity (Wildman–Crippen MR) is 65.3 cm³/mol. The minimum Gasteiger partial charge on any atom is -0.496 e. The van der Waals surface area contributed by atoms with Crippen molar-refractivity contribution < 1.29 is 23.4 Å². The Bertz CT molecular complexity index is 639. The monoisotopic (exact) mass is 264 g/mol. The van der Waals surface area contributed by atoms with Crippen molar-refractivity contribution in [3.05, 3.63) is 53.6 Å². The number of rotatable bonds is 3. The summed E-state index contributed by atoms with van der Waals surface area (Å²) in [6.45, 7) is 0. The molecule has 0 aliphatic rings. The molecule has 0 saturated carbocycles. The zero-order valence-electron chi connectivity index (χ0n) is 9.98. The molecule has 0 aliphatic carbocycles. The summed E-state index contributed by atoms with van der Waals surface area (Å²) in [5.41, 5.74) is -0.241. The van der Waals surface area contributed by atoms with Gasteiger partial charge in [0.05, 0.1) is 7.11 Å². The van der Waals surface area contributed by atoms with Gasteiger partial charge >= 0.3 is 5.97 Å². The van der Waals surface area contributed by atoms with Crippen LogP contribution in [0.5, 0.6) is 5.75 Å². The van der Waals surface area contributed by atoms with Crippen LogP contribution in [0.25, 0.3) is 11.1 Å². The number of hydrogen-bond donors (Lipinski definition) is 1. The third-order valence-electron chi connectivity index (χ3n) is 2.68. The molecule has 0 bridgehead atoms. The predicted octanol–water partition coefficient (Wildman–Crippen LogP) is 3.34. The lowest BCUT2D eigenvalue weighted by Crippen LogP contribution is -2.04. The molecule has 0 atom stereocenters. The van der Waals surface area contributed by atoms with E-state index in [2.05, 4.69) is 0 Å². The van der Waals surface area contributed by atoms with Crippen LogP contribution in [0, 0.1) is 11.6 Å². The molecule has 0 radical (unpaired) electrons. The number of ether oxygens (including phenoxy) is 1. The topological polar surface area (TPSA) is 46.5 Å². The molecule has 0 amide bonds. The van der Waals surface area contributed by atoms with Crippen molar-refractivity contribution in [2.24, 2.45) is 0 Å². The van der Waals surface area contributed by atoms with E-state index < -0.39 is 23.2 Å². The number of benzene rings is 2. The first kappa shape index (κ1) is 13.0. The number of aromatic carboxylic acids is 1. The highest BCUT2D eigenvalue weighted by atomic mass is 19.1. The second-order valence-corrected chi connectivity index (χ2v) is 3.81. The van der Waals surface area contributed by atoms with Crippen molar-refractivity contribution in [1.29, 1.82) is 0 Å². The van der Waals surface area contributed by atoms with Gasteiger partial charge in [-0.25, -0.2) is 13.6 Å². The Morgan fingerprint density at radius 3 is 2.53 bits per heavy atom. The number of carbonyl (C=O) groups is 1. The largest absolute Gasteiger partial charge is 0.496 e. The van der Waals surface area contributed by atoms with Crippen molar-refractivity contribution in [2.75, 3.05) is 7.11 Å². The van der Waals surface area contributed by atoms with Crippen molar-refractivity contribution in [3.8, 4) is 16.9 Å². The molecule has 0 unspecified atom stereocenters. The zero-order chi connectivity index (χ0) is 14.0. The molecule has 2 aromatic rings. The second-order valence-electron chi connectivity index (χ2n) is 3.81. The molecule has 19 heavy (non-hydrogen) atoms. The third kappa shape index (κ3) is 2.40. The summed E-state index contributed by atoms with van der Waals surface area (Å²) in [5, 5.41) is 9.07. The van der Waals surface area contributed by atoms with Crippen molar-refractivity contribution in [3.63, 3.8) is 0 Å². The van der Waals surface area contributed by atoms with Gasteiger partial charge in [-0.2, -0.15) is 0 Å². The zero-order valence-corrected chi connectivity index (χ0v) is 9.98.